The van der Waals surface area contributed by atoms with Gasteiger partial charge in [0.05, 0.1) is 25.0 Å². The minimum atomic E-state index is -0.367. The molecule has 3 aromatic carbocycles. The molecule has 1 fully saturated rings. The number of fused-ring (bicyclic) bond motifs is 3. The van der Waals surface area contributed by atoms with E-state index in [1.807, 2.05) is 36.4 Å². The van der Waals surface area contributed by atoms with Gasteiger partial charge in [0.1, 0.15) is 23.9 Å². The van der Waals surface area contributed by atoms with E-state index in [1.165, 1.54) is 12.7 Å². The molecule has 10 heteroatoms. The van der Waals surface area contributed by atoms with Crippen LogP contribution in [-0.2, 0) is 24.2 Å². The molecule has 0 atom stereocenters. The lowest BCUT2D eigenvalue weighted by atomic mass is 9.88. The first kappa shape index (κ1) is 29.7. The van der Waals surface area contributed by atoms with Crippen molar-refractivity contribution in [1.29, 1.82) is 0 Å². The average molecular weight is 614 g/mol. The van der Waals surface area contributed by atoms with Gasteiger partial charge in [-0.3, -0.25) is 4.90 Å². The van der Waals surface area contributed by atoms with Crippen LogP contribution in [0.2, 0.25) is 5.02 Å². The van der Waals surface area contributed by atoms with E-state index in [1.54, 1.807) is 18.2 Å². The van der Waals surface area contributed by atoms with Crippen LogP contribution in [0.15, 0.2) is 66.7 Å². The van der Waals surface area contributed by atoms with Crippen LogP contribution < -0.4 is 20.1 Å². The molecular formula is C34H36ClN5O4. The monoisotopic (exact) mass is 613 g/mol. The van der Waals surface area contributed by atoms with E-state index >= 15 is 0 Å². The van der Waals surface area contributed by atoms with Gasteiger partial charge in [0, 0.05) is 48.9 Å². The Morgan fingerprint density at radius 2 is 1.73 bits per heavy atom. The fourth-order valence-corrected chi connectivity index (χ4v) is 5.93. The van der Waals surface area contributed by atoms with E-state index in [4.69, 9.17) is 36.5 Å². The first-order valence-corrected chi connectivity index (χ1v) is 15.3. The minimum Gasteiger partial charge on any atom is -0.494 e. The Morgan fingerprint density at radius 1 is 0.932 bits per heavy atom. The number of carbonyl (C=O) groups is 1. The zero-order chi connectivity index (χ0) is 30.5. The van der Waals surface area contributed by atoms with E-state index in [0.29, 0.717) is 35.5 Å². The summed E-state index contributed by atoms with van der Waals surface area (Å²) in [6.07, 6.45) is 2.64. The molecule has 1 aliphatic heterocycles. The summed E-state index contributed by atoms with van der Waals surface area (Å²) in [6, 6.07) is 21.0. The summed E-state index contributed by atoms with van der Waals surface area (Å²) < 4.78 is 16.7. The first-order valence-electron chi connectivity index (χ1n) is 14.9. The van der Waals surface area contributed by atoms with Gasteiger partial charge in [-0.25, -0.2) is 9.78 Å². The van der Waals surface area contributed by atoms with E-state index in [-0.39, 0.29) is 5.97 Å². The van der Waals surface area contributed by atoms with Crippen LogP contribution in [-0.4, -0.2) is 67.3 Å². The maximum Gasteiger partial charge on any atom is 0.337 e. The highest BCUT2D eigenvalue weighted by Gasteiger charge is 2.27. The maximum absolute atomic E-state index is 11.8. The zero-order valence-corrected chi connectivity index (χ0v) is 25.6. The van der Waals surface area contributed by atoms with Crippen LogP contribution >= 0.6 is 11.6 Å². The number of aryl methyl sites for hydroxylation is 1. The number of rotatable bonds is 10. The highest BCUT2D eigenvalue weighted by molar-refractivity contribution is 6.30. The summed E-state index contributed by atoms with van der Waals surface area (Å²) in [5.41, 5.74) is 12.2. The van der Waals surface area contributed by atoms with E-state index in [2.05, 4.69) is 26.9 Å². The quantitative estimate of drug-likeness (QED) is 0.185. The topological polar surface area (TPSA) is 103 Å². The standard InChI is InChI=1S/C34H36ClN5O4/c1-42-33(41)25-4-2-5-27(21-25)43-19-3-14-39-15-17-40(18-16-39)32-30-12-8-24-20-28(44-22-23-6-9-26(35)10-7-23)11-13-29(24)31(30)37-34(36)38-32/h2,4-7,9-11,13,20-21H,3,8,12,14-19,22H2,1H3,(H2,36,37,38). The SMILES string of the molecule is COC(=O)c1cccc(OCCCN2CCN(c3nc(N)nc4c3CCc3cc(OCc5ccc(Cl)cc5)ccc3-4)CC2)c1. The molecule has 0 bridgehead atoms. The summed E-state index contributed by atoms with van der Waals surface area (Å²) in [7, 11) is 1.37. The summed E-state index contributed by atoms with van der Waals surface area (Å²) in [4.78, 5) is 26.0. The number of nitrogens with two attached hydrogens (primary N) is 1. The Kier molecular flexibility index (Phi) is 9.14. The molecule has 1 saturated heterocycles. The third kappa shape index (κ3) is 6.90. The number of hydrogen-bond acceptors (Lipinski definition) is 9. The van der Waals surface area contributed by atoms with Crippen molar-refractivity contribution in [2.75, 3.05) is 57.1 Å². The molecule has 2 aliphatic rings. The normalized spacial score (nSPS) is 14.5. The smallest absolute Gasteiger partial charge is 0.337 e. The Labute approximate surface area is 262 Å². The van der Waals surface area contributed by atoms with Gasteiger partial charge in [0.2, 0.25) is 5.95 Å². The number of esters is 1. The highest BCUT2D eigenvalue weighted by Crippen LogP contribution is 2.38. The molecule has 0 amide bonds. The lowest BCUT2D eigenvalue weighted by Gasteiger charge is -2.37. The fraction of sp³-hybridized carbons (Fsp3) is 0.324. The molecule has 44 heavy (non-hydrogen) atoms. The van der Waals surface area contributed by atoms with Crippen molar-refractivity contribution in [2.24, 2.45) is 0 Å². The maximum atomic E-state index is 11.8. The van der Waals surface area contributed by atoms with Crippen molar-refractivity contribution in [3.05, 3.63) is 94.0 Å². The molecule has 4 aromatic rings. The van der Waals surface area contributed by atoms with Crippen molar-refractivity contribution in [2.45, 2.75) is 25.9 Å². The van der Waals surface area contributed by atoms with Crippen molar-refractivity contribution in [1.82, 2.24) is 14.9 Å². The van der Waals surface area contributed by atoms with E-state index < -0.39 is 0 Å². The molecule has 0 unspecified atom stereocenters. The number of anilines is 2. The second-order valence-electron chi connectivity index (χ2n) is 11.0. The molecular weight excluding hydrogens is 578 g/mol. The number of methoxy groups -OCH3 is 1. The van der Waals surface area contributed by atoms with Crippen molar-refractivity contribution in [3.8, 4) is 22.8 Å². The minimum absolute atomic E-state index is 0.297. The molecule has 9 nitrogen and oxygen atoms in total. The molecule has 228 valence electrons. The van der Waals surface area contributed by atoms with Gasteiger partial charge in [-0.15, -0.1) is 0 Å². The number of piperazine rings is 1. The number of hydrogen-bond donors (Lipinski definition) is 1. The number of nitrogens with zero attached hydrogens (tertiary/aromatic N) is 4. The van der Waals surface area contributed by atoms with Crippen LogP contribution in [0, 0.1) is 0 Å². The van der Waals surface area contributed by atoms with Crippen LogP contribution in [0.25, 0.3) is 11.3 Å². The van der Waals surface area contributed by atoms with Crippen LogP contribution in [0.1, 0.15) is 33.5 Å². The van der Waals surface area contributed by atoms with Crippen molar-refractivity contribution < 1.29 is 19.0 Å². The Morgan fingerprint density at radius 3 is 2.52 bits per heavy atom. The van der Waals surface area contributed by atoms with Gasteiger partial charge in [-0.1, -0.05) is 29.8 Å². The lowest BCUT2D eigenvalue weighted by molar-refractivity contribution is 0.0600. The number of benzene rings is 3. The predicted octanol–water partition coefficient (Wildman–Crippen LogP) is 5.43. The molecule has 0 saturated carbocycles. The van der Waals surface area contributed by atoms with Crippen molar-refractivity contribution in [3.63, 3.8) is 0 Å². The molecule has 1 aliphatic carbocycles. The number of carbonyl (C=O) groups excluding carboxylic acids is 1. The Bertz CT molecular complexity index is 1620. The Hall–Kier alpha value is -4.34. The van der Waals surface area contributed by atoms with Crippen LogP contribution in [0.4, 0.5) is 11.8 Å². The van der Waals surface area contributed by atoms with Gasteiger partial charge >= 0.3 is 5.97 Å². The predicted molar refractivity (Wildman–Crippen MR) is 172 cm³/mol. The summed E-state index contributed by atoms with van der Waals surface area (Å²) in [5.74, 6) is 2.39. The van der Waals surface area contributed by atoms with E-state index in [9.17, 15) is 4.79 Å². The van der Waals surface area contributed by atoms with Crippen LogP contribution in [0.3, 0.4) is 0 Å². The van der Waals surface area contributed by atoms with Gasteiger partial charge in [0.25, 0.3) is 0 Å². The number of aromatic nitrogens is 2. The van der Waals surface area contributed by atoms with Crippen molar-refractivity contribution >= 4 is 29.3 Å². The molecule has 1 aromatic heterocycles. The van der Waals surface area contributed by atoms with Gasteiger partial charge in [-0.2, -0.15) is 4.98 Å². The number of ether oxygens (including phenoxy) is 3. The van der Waals surface area contributed by atoms with Gasteiger partial charge < -0.3 is 24.8 Å². The van der Waals surface area contributed by atoms with Crippen LogP contribution in [0.5, 0.6) is 11.5 Å². The van der Waals surface area contributed by atoms with Gasteiger partial charge in [0.15, 0.2) is 0 Å². The molecule has 2 heterocycles. The largest absolute Gasteiger partial charge is 0.494 e. The zero-order valence-electron chi connectivity index (χ0n) is 24.8. The summed E-state index contributed by atoms with van der Waals surface area (Å²) >= 11 is 6.00. The second-order valence-corrected chi connectivity index (χ2v) is 11.5. The number of nitrogen functional groups attached to an aromatic ring is 1. The molecule has 0 radical (unpaired) electrons. The second kappa shape index (κ2) is 13.5. The molecule has 6 rings (SSSR count). The van der Waals surface area contributed by atoms with E-state index in [0.717, 1.165) is 85.9 Å². The first-order chi connectivity index (χ1) is 21.5. The summed E-state index contributed by atoms with van der Waals surface area (Å²) in [5, 5.41) is 0.715. The Balaban J connectivity index is 1.04. The fourth-order valence-electron chi connectivity index (χ4n) is 5.80. The summed E-state index contributed by atoms with van der Waals surface area (Å²) in [6.45, 7) is 5.60. The average Bonchev–Trinajstić information content (AvgIpc) is 3.06. The lowest BCUT2D eigenvalue weighted by Crippen LogP contribution is -2.47. The molecule has 2 N–H and O–H groups in total. The third-order valence-corrected chi connectivity index (χ3v) is 8.36. The third-order valence-electron chi connectivity index (χ3n) is 8.11. The highest BCUT2D eigenvalue weighted by atomic mass is 35.5. The van der Waals surface area contributed by atoms with Gasteiger partial charge in [-0.05, 0) is 78.9 Å². The molecule has 0 spiro atoms. The number of halogens is 1.